The molecule has 0 radical (unpaired) electrons. The lowest BCUT2D eigenvalue weighted by atomic mass is 10.3. The third-order valence-electron chi connectivity index (χ3n) is 3.65. The van der Waals surface area contributed by atoms with E-state index in [9.17, 15) is 4.79 Å². The molecule has 0 aliphatic carbocycles. The second-order valence-electron chi connectivity index (χ2n) is 5.41. The Morgan fingerprint density at radius 3 is 2.69 bits per heavy atom. The smallest absolute Gasteiger partial charge is 0.275 e. The van der Waals surface area contributed by atoms with Gasteiger partial charge in [0.2, 0.25) is 6.79 Å². The van der Waals surface area contributed by atoms with Gasteiger partial charge in [0.15, 0.2) is 11.5 Å². The van der Waals surface area contributed by atoms with Gasteiger partial charge in [0.25, 0.3) is 5.91 Å². The molecule has 7 nitrogen and oxygen atoms in total. The van der Waals surface area contributed by atoms with Crippen LogP contribution in [0.15, 0.2) is 54.9 Å². The number of aromatic nitrogens is 2. The van der Waals surface area contributed by atoms with Crippen molar-refractivity contribution in [1.29, 1.82) is 0 Å². The minimum absolute atomic E-state index is 0.182. The third kappa shape index (κ3) is 3.38. The number of rotatable bonds is 4. The van der Waals surface area contributed by atoms with Crippen molar-refractivity contribution >= 4 is 34.7 Å². The summed E-state index contributed by atoms with van der Waals surface area (Å²) in [7, 11) is 0. The van der Waals surface area contributed by atoms with E-state index in [4.69, 9.17) is 21.1 Å². The number of ether oxygens (including phenoxy) is 2. The molecule has 0 unspecified atom stereocenters. The molecule has 1 aliphatic heterocycles. The number of anilines is 3. The lowest BCUT2D eigenvalue weighted by Gasteiger charge is -2.08. The van der Waals surface area contributed by atoms with Crippen molar-refractivity contribution in [2.45, 2.75) is 0 Å². The van der Waals surface area contributed by atoms with Crippen molar-refractivity contribution in [2.75, 3.05) is 17.4 Å². The van der Waals surface area contributed by atoms with E-state index >= 15 is 0 Å². The van der Waals surface area contributed by atoms with Crippen LogP contribution >= 0.6 is 11.6 Å². The number of carbonyl (C=O) groups excluding carboxylic acids is 1. The van der Waals surface area contributed by atoms with E-state index in [0.29, 0.717) is 28.0 Å². The molecule has 26 heavy (non-hydrogen) atoms. The van der Waals surface area contributed by atoms with Crippen molar-refractivity contribution in [3.63, 3.8) is 0 Å². The molecule has 0 atom stereocenters. The molecule has 2 aromatic carbocycles. The first-order valence-corrected chi connectivity index (χ1v) is 8.11. The average Bonchev–Trinajstić information content (AvgIpc) is 3.12. The highest BCUT2D eigenvalue weighted by molar-refractivity contribution is 6.33. The maximum absolute atomic E-state index is 12.2. The Balaban J connectivity index is 1.45. The van der Waals surface area contributed by atoms with E-state index < -0.39 is 0 Å². The number of carbonyl (C=O) groups is 1. The topological polar surface area (TPSA) is 85.4 Å². The van der Waals surface area contributed by atoms with Crippen LogP contribution in [0.25, 0.3) is 0 Å². The molecule has 1 aliphatic rings. The van der Waals surface area contributed by atoms with E-state index in [1.807, 2.05) is 18.2 Å². The predicted molar refractivity (Wildman–Crippen MR) is 97.3 cm³/mol. The lowest BCUT2D eigenvalue weighted by Crippen LogP contribution is -2.14. The van der Waals surface area contributed by atoms with Crippen molar-refractivity contribution in [1.82, 2.24) is 9.97 Å². The average molecular weight is 369 g/mol. The standard InChI is InChI=1S/C18H13ClN4O3/c19-12-3-1-2-4-13(12)23-18(24)14-8-21-17(9-20-14)22-11-5-6-15-16(7-11)26-10-25-15/h1-9H,10H2,(H,21,22)(H,23,24). The summed E-state index contributed by atoms with van der Waals surface area (Å²) in [5.74, 6) is 1.48. The normalized spacial score (nSPS) is 11.9. The Morgan fingerprint density at radius 2 is 1.88 bits per heavy atom. The van der Waals surface area contributed by atoms with Crippen LogP contribution in [0.2, 0.25) is 5.02 Å². The number of halogens is 1. The fourth-order valence-corrected chi connectivity index (χ4v) is 2.56. The van der Waals surface area contributed by atoms with Crippen molar-refractivity contribution < 1.29 is 14.3 Å². The molecule has 0 fully saturated rings. The summed E-state index contributed by atoms with van der Waals surface area (Å²) in [6, 6.07) is 12.4. The SMILES string of the molecule is O=C(Nc1ccccc1Cl)c1cnc(Nc2ccc3c(c2)OCO3)cn1. The number of hydrogen-bond donors (Lipinski definition) is 2. The summed E-state index contributed by atoms with van der Waals surface area (Å²) in [5, 5.41) is 6.25. The molecule has 0 bridgehead atoms. The number of fused-ring (bicyclic) bond motifs is 1. The zero-order valence-corrected chi connectivity index (χ0v) is 14.2. The number of para-hydroxylation sites is 1. The summed E-state index contributed by atoms with van der Waals surface area (Å²) in [5.41, 5.74) is 1.47. The zero-order valence-electron chi connectivity index (χ0n) is 13.4. The van der Waals surface area contributed by atoms with Crippen LogP contribution in [0.4, 0.5) is 17.2 Å². The molecule has 0 spiro atoms. The molecule has 0 saturated carbocycles. The van der Waals surface area contributed by atoms with E-state index in [1.54, 1.807) is 24.3 Å². The second-order valence-corrected chi connectivity index (χ2v) is 5.82. The van der Waals surface area contributed by atoms with Gasteiger partial charge < -0.3 is 20.1 Å². The lowest BCUT2D eigenvalue weighted by molar-refractivity contribution is 0.102. The van der Waals surface area contributed by atoms with Crippen LogP contribution in [0.1, 0.15) is 10.5 Å². The third-order valence-corrected chi connectivity index (χ3v) is 3.98. The highest BCUT2D eigenvalue weighted by Crippen LogP contribution is 2.34. The summed E-state index contributed by atoms with van der Waals surface area (Å²) < 4.78 is 10.6. The molecule has 1 aromatic heterocycles. The quantitative estimate of drug-likeness (QED) is 0.727. The number of benzene rings is 2. The highest BCUT2D eigenvalue weighted by Gasteiger charge is 2.14. The molecule has 2 N–H and O–H groups in total. The first kappa shape index (κ1) is 16.2. The molecule has 1 amide bonds. The Kier molecular flexibility index (Phi) is 4.28. The maximum Gasteiger partial charge on any atom is 0.275 e. The summed E-state index contributed by atoms with van der Waals surface area (Å²) in [4.78, 5) is 20.6. The maximum atomic E-state index is 12.2. The summed E-state index contributed by atoms with van der Waals surface area (Å²) in [6.45, 7) is 0.216. The van der Waals surface area contributed by atoms with Gasteiger partial charge in [0, 0.05) is 11.8 Å². The fraction of sp³-hybridized carbons (Fsp3) is 0.0556. The van der Waals surface area contributed by atoms with E-state index in [0.717, 1.165) is 5.69 Å². The Bertz CT molecular complexity index is 963. The van der Waals surface area contributed by atoms with Gasteiger partial charge in [-0.25, -0.2) is 9.97 Å². The highest BCUT2D eigenvalue weighted by atomic mass is 35.5. The van der Waals surface area contributed by atoms with Crippen LogP contribution in [-0.4, -0.2) is 22.7 Å². The van der Waals surface area contributed by atoms with Crippen LogP contribution in [0, 0.1) is 0 Å². The molecular weight excluding hydrogens is 356 g/mol. The predicted octanol–water partition coefficient (Wildman–Crippen LogP) is 3.85. The molecule has 2 heterocycles. The van der Waals surface area contributed by atoms with Gasteiger partial charge in [0.05, 0.1) is 23.1 Å². The number of hydrogen-bond acceptors (Lipinski definition) is 6. The van der Waals surface area contributed by atoms with Crippen LogP contribution in [0.3, 0.4) is 0 Å². The summed E-state index contributed by atoms with van der Waals surface area (Å²) >= 11 is 6.03. The van der Waals surface area contributed by atoms with Crippen LogP contribution in [0.5, 0.6) is 11.5 Å². The largest absolute Gasteiger partial charge is 0.454 e. The van der Waals surface area contributed by atoms with Crippen molar-refractivity contribution in [2.24, 2.45) is 0 Å². The van der Waals surface area contributed by atoms with Crippen LogP contribution in [-0.2, 0) is 0 Å². The van der Waals surface area contributed by atoms with Gasteiger partial charge in [-0.3, -0.25) is 4.79 Å². The van der Waals surface area contributed by atoms with E-state index in [1.165, 1.54) is 12.4 Å². The molecule has 4 rings (SSSR count). The zero-order chi connectivity index (χ0) is 17.9. The van der Waals surface area contributed by atoms with Crippen LogP contribution < -0.4 is 20.1 Å². The summed E-state index contributed by atoms with van der Waals surface area (Å²) in [6.07, 6.45) is 2.87. The molecule has 8 heteroatoms. The second kappa shape index (κ2) is 6.89. The number of amides is 1. The van der Waals surface area contributed by atoms with Gasteiger partial charge in [-0.1, -0.05) is 23.7 Å². The minimum Gasteiger partial charge on any atom is -0.454 e. The van der Waals surface area contributed by atoms with Gasteiger partial charge in [-0.05, 0) is 24.3 Å². The number of nitrogens with zero attached hydrogens (tertiary/aromatic N) is 2. The Hall–Kier alpha value is -3.32. The first-order valence-electron chi connectivity index (χ1n) is 7.74. The molecular formula is C18H13ClN4O3. The molecule has 3 aromatic rings. The van der Waals surface area contributed by atoms with Gasteiger partial charge in [-0.2, -0.15) is 0 Å². The van der Waals surface area contributed by atoms with Gasteiger partial charge in [-0.15, -0.1) is 0 Å². The van der Waals surface area contributed by atoms with Gasteiger partial charge >= 0.3 is 0 Å². The first-order chi connectivity index (χ1) is 12.7. The van der Waals surface area contributed by atoms with Crippen molar-refractivity contribution in [3.8, 4) is 11.5 Å². The fourth-order valence-electron chi connectivity index (χ4n) is 2.38. The Morgan fingerprint density at radius 1 is 1.04 bits per heavy atom. The van der Waals surface area contributed by atoms with E-state index in [2.05, 4.69) is 20.6 Å². The molecule has 0 saturated heterocycles. The van der Waals surface area contributed by atoms with E-state index in [-0.39, 0.29) is 18.4 Å². The number of nitrogens with one attached hydrogen (secondary N) is 2. The van der Waals surface area contributed by atoms with Gasteiger partial charge in [0.1, 0.15) is 11.5 Å². The molecule has 130 valence electrons. The minimum atomic E-state index is -0.389. The van der Waals surface area contributed by atoms with Crippen molar-refractivity contribution in [3.05, 3.63) is 65.6 Å². The Labute approximate surface area is 154 Å². The monoisotopic (exact) mass is 368 g/mol.